The smallest absolute Gasteiger partial charge is 0.462 e. The number of nitrogens with zero attached hydrogens (tertiary/aromatic N) is 1. The van der Waals surface area contributed by atoms with Crippen LogP contribution in [-0.4, -0.2) is 41.6 Å². The van der Waals surface area contributed by atoms with E-state index in [1.54, 1.807) is 56.3 Å². The summed E-state index contributed by atoms with van der Waals surface area (Å²) in [7, 11) is 0. The molecule has 11 heteroatoms. The molecule has 1 heterocycles. The Kier molecular flexibility index (Phi) is 9.96. The molecule has 2 atom stereocenters. The number of esters is 1. The van der Waals surface area contributed by atoms with Gasteiger partial charge in [0.25, 0.3) is 0 Å². The largest absolute Gasteiger partial charge is 0.513 e. The Morgan fingerprint density at radius 1 is 0.886 bits per heavy atom. The summed E-state index contributed by atoms with van der Waals surface area (Å²) in [5.41, 5.74) is -1.93. The van der Waals surface area contributed by atoms with Crippen LogP contribution in [-0.2, 0) is 15.1 Å². The van der Waals surface area contributed by atoms with Gasteiger partial charge in [0, 0.05) is 22.7 Å². The highest BCUT2D eigenvalue weighted by Crippen LogP contribution is 2.50. The predicted octanol–water partition coefficient (Wildman–Crippen LogP) is 8.33. The Labute approximate surface area is 257 Å². The lowest BCUT2D eigenvalue weighted by molar-refractivity contribution is -0.274. The summed E-state index contributed by atoms with van der Waals surface area (Å²) in [6.07, 6.45) is -4.82. The Morgan fingerprint density at radius 3 is 2.25 bits per heavy atom. The number of ether oxygens (including phenoxy) is 3. The Morgan fingerprint density at radius 2 is 1.57 bits per heavy atom. The number of carbonyl (C=O) groups is 2. The van der Waals surface area contributed by atoms with Gasteiger partial charge >= 0.3 is 18.3 Å². The van der Waals surface area contributed by atoms with Crippen LogP contribution in [0.15, 0.2) is 85.1 Å². The lowest BCUT2D eigenvalue weighted by atomic mass is 9.77. The number of hydrogen-bond donors (Lipinski definition) is 1. The van der Waals surface area contributed by atoms with E-state index in [0.29, 0.717) is 16.7 Å². The molecule has 4 aromatic rings. The Hall–Kier alpha value is -4.41. The molecule has 3 aromatic carbocycles. The maximum absolute atomic E-state index is 14.8. The molecule has 4 rings (SSSR count). The summed E-state index contributed by atoms with van der Waals surface area (Å²) < 4.78 is 59.2. The van der Waals surface area contributed by atoms with Gasteiger partial charge in [-0.3, -0.25) is 4.98 Å². The number of halogens is 4. The van der Waals surface area contributed by atoms with Crippen LogP contribution in [0.2, 0.25) is 5.02 Å². The summed E-state index contributed by atoms with van der Waals surface area (Å²) in [4.78, 5) is 28.1. The molecule has 0 aliphatic carbocycles. The third-order valence-corrected chi connectivity index (χ3v) is 7.35. The van der Waals surface area contributed by atoms with Crippen molar-refractivity contribution >= 4 is 23.7 Å². The first kappa shape index (κ1) is 32.5. The third kappa shape index (κ3) is 6.87. The first-order chi connectivity index (χ1) is 20.9. The maximum atomic E-state index is 14.8. The minimum absolute atomic E-state index is 0.00851. The van der Waals surface area contributed by atoms with Crippen LogP contribution in [0.3, 0.4) is 0 Å². The molecule has 2 unspecified atom stereocenters. The number of aromatic nitrogens is 1. The van der Waals surface area contributed by atoms with Gasteiger partial charge in [-0.2, -0.15) is 13.2 Å². The quantitative estimate of drug-likeness (QED) is 0.147. The van der Waals surface area contributed by atoms with Crippen molar-refractivity contribution < 1.29 is 42.1 Å². The molecule has 0 saturated carbocycles. The van der Waals surface area contributed by atoms with Crippen LogP contribution in [0.5, 0.6) is 5.75 Å². The molecule has 0 amide bonds. The van der Waals surface area contributed by atoms with Gasteiger partial charge in [0.15, 0.2) is 5.60 Å². The SMILES string of the molecule is CCOC(=O)Oc1cccc(-c2ccc(C(C)C(O)(c3ccnc(-c4cccc(C(=O)OCC)c4)c3)C(F)(F)F)c(Cl)c2)c1. The molecule has 230 valence electrons. The van der Waals surface area contributed by atoms with Crippen molar-refractivity contribution in [3.63, 3.8) is 0 Å². The number of benzene rings is 3. The van der Waals surface area contributed by atoms with Gasteiger partial charge in [0.2, 0.25) is 0 Å². The molecule has 0 radical (unpaired) electrons. The van der Waals surface area contributed by atoms with E-state index in [9.17, 15) is 27.9 Å². The molecule has 0 aliphatic heterocycles. The first-order valence-electron chi connectivity index (χ1n) is 13.7. The van der Waals surface area contributed by atoms with Gasteiger partial charge in [0.05, 0.1) is 24.5 Å². The summed E-state index contributed by atoms with van der Waals surface area (Å²) in [5.74, 6) is -1.92. The highest BCUT2D eigenvalue weighted by atomic mass is 35.5. The predicted molar refractivity (Wildman–Crippen MR) is 159 cm³/mol. The van der Waals surface area contributed by atoms with E-state index in [1.807, 2.05) is 0 Å². The van der Waals surface area contributed by atoms with Gasteiger partial charge < -0.3 is 19.3 Å². The van der Waals surface area contributed by atoms with Crippen LogP contribution >= 0.6 is 11.6 Å². The van der Waals surface area contributed by atoms with E-state index in [-0.39, 0.29) is 40.8 Å². The molecule has 0 fully saturated rings. The van der Waals surface area contributed by atoms with Crippen molar-refractivity contribution in [2.75, 3.05) is 13.2 Å². The zero-order valence-electron chi connectivity index (χ0n) is 24.0. The fraction of sp³-hybridized carbons (Fsp3) is 0.242. The molecule has 1 N–H and O–H groups in total. The molecule has 7 nitrogen and oxygen atoms in total. The minimum atomic E-state index is -5.11. The van der Waals surface area contributed by atoms with E-state index in [2.05, 4.69) is 4.98 Å². The van der Waals surface area contributed by atoms with Gasteiger partial charge in [-0.05, 0) is 78.6 Å². The molecule has 0 spiro atoms. The highest BCUT2D eigenvalue weighted by molar-refractivity contribution is 6.31. The maximum Gasteiger partial charge on any atom is 0.513 e. The first-order valence-corrected chi connectivity index (χ1v) is 14.0. The second kappa shape index (κ2) is 13.5. The van der Waals surface area contributed by atoms with Crippen LogP contribution in [0.4, 0.5) is 18.0 Å². The second-order valence-electron chi connectivity index (χ2n) is 9.77. The summed E-state index contributed by atoms with van der Waals surface area (Å²) in [5, 5.41) is 11.4. The van der Waals surface area contributed by atoms with E-state index in [4.69, 9.17) is 25.8 Å². The molecular formula is C33H29ClF3NO6. The molecule has 0 bridgehead atoms. The van der Waals surface area contributed by atoms with Crippen LogP contribution < -0.4 is 4.74 Å². The van der Waals surface area contributed by atoms with Crippen molar-refractivity contribution in [2.24, 2.45) is 0 Å². The summed E-state index contributed by atoms with van der Waals surface area (Å²) >= 11 is 6.54. The summed E-state index contributed by atoms with van der Waals surface area (Å²) in [6, 6.07) is 19.3. The summed E-state index contributed by atoms with van der Waals surface area (Å²) in [6.45, 7) is 4.84. The van der Waals surface area contributed by atoms with Crippen LogP contribution in [0.25, 0.3) is 22.4 Å². The number of alkyl halides is 3. The molecule has 44 heavy (non-hydrogen) atoms. The molecule has 1 aromatic heterocycles. The van der Waals surface area contributed by atoms with Crippen molar-refractivity contribution in [1.29, 1.82) is 0 Å². The third-order valence-electron chi connectivity index (χ3n) is 7.03. The highest BCUT2D eigenvalue weighted by Gasteiger charge is 2.59. The molecule has 0 aliphatic rings. The van der Waals surface area contributed by atoms with Crippen molar-refractivity contribution in [2.45, 2.75) is 38.5 Å². The van der Waals surface area contributed by atoms with E-state index < -0.39 is 35.4 Å². The molecule has 0 saturated heterocycles. The fourth-order valence-electron chi connectivity index (χ4n) is 4.77. The lowest BCUT2D eigenvalue weighted by Crippen LogP contribution is -2.46. The average Bonchev–Trinajstić information content (AvgIpc) is 3.00. The topological polar surface area (TPSA) is 95.0 Å². The molecular weight excluding hydrogens is 599 g/mol. The van der Waals surface area contributed by atoms with E-state index in [0.717, 1.165) is 12.1 Å². The average molecular weight is 628 g/mol. The van der Waals surface area contributed by atoms with Crippen molar-refractivity contribution in [3.8, 4) is 28.1 Å². The van der Waals surface area contributed by atoms with Gasteiger partial charge in [0.1, 0.15) is 5.75 Å². The number of hydrogen-bond acceptors (Lipinski definition) is 7. The fourth-order valence-corrected chi connectivity index (χ4v) is 5.11. The number of pyridine rings is 1. The van der Waals surface area contributed by atoms with Crippen molar-refractivity contribution in [3.05, 3.63) is 107 Å². The van der Waals surface area contributed by atoms with Gasteiger partial charge in [-0.1, -0.05) is 54.9 Å². The van der Waals surface area contributed by atoms with E-state index >= 15 is 0 Å². The number of carbonyl (C=O) groups excluding carboxylic acids is 2. The van der Waals surface area contributed by atoms with Gasteiger partial charge in [-0.25, -0.2) is 9.59 Å². The monoisotopic (exact) mass is 627 g/mol. The standard InChI is InChI=1S/C33H29ClF3NO6/c1-4-42-30(39)24-10-6-9-23(16-24)29-19-25(14-15-38-29)32(41,33(35,36)37)20(3)27-13-12-22(18-28(27)34)21-8-7-11-26(17-21)44-31(40)43-5-2/h6-20,41H,4-5H2,1-3H3. The minimum Gasteiger partial charge on any atom is -0.462 e. The van der Waals surface area contributed by atoms with Gasteiger partial charge in [-0.15, -0.1) is 0 Å². The lowest BCUT2D eigenvalue weighted by Gasteiger charge is -2.37. The van der Waals surface area contributed by atoms with Crippen LogP contribution in [0, 0.1) is 0 Å². The van der Waals surface area contributed by atoms with Crippen molar-refractivity contribution in [1.82, 2.24) is 4.98 Å². The zero-order valence-corrected chi connectivity index (χ0v) is 24.8. The zero-order chi connectivity index (χ0) is 32.1. The van der Waals surface area contributed by atoms with Crippen LogP contribution in [0.1, 0.15) is 48.2 Å². The Balaban J connectivity index is 1.70. The normalized spacial score (nSPS) is 13.5. The van der Waals surface area contributed by atoms with E-state index in [1.165, 1.54) is 37.4 Å². The Bertz CT molecular complexity index is 1660. The second-order valence-corrected chi connectivity index (χ2v) is 10.2. The number of aliphatic hydroxyl groups is 1. The number of rotatable bonds is 9.